The molecule has 2 rings (SSSR count). The summed E-state index contributed by atoms with van der Waals surface area (Å²) in [6.45, 7) is 1.92. The monoisotopic (exact) mass is 310 g/mol. The molecule has 0 spiro atoms. The van der Waals surface area contributed by atoms with Gasteiger partial charge < -0.3 is 14.6 Å². The third kappa shape index (κ3) is 3.14. The zero-order chi connectivity index (χ0) is 15.6. The van der Waals surface area contributed by atoms with Crippen LogP contribution in [-0.4, -0.2) is 29.1 Å². The van der Waals surface area contributed by atoms with Gasteiger partial charge >= 0.3 is 0 Å². The van der Waals surface area contributed by atoms with E-state index in [1.54, 1.807) is 23.9 Å². The Morgan fingerprint density at radius 2 is 2.05 bits per heavy atom. The summed E-state index contributed by atoms with van der Waals surface area (Å²) in [6, 6.07) is 5.42. The van der Waals surface area contributed by atoms with Crippen molar-refractivity contribution < 1.29 is 14.6 Å². The van der Waals surface area contributed by atoms with Crippen molar-refractivity contribution in [2.24, 2.45) is 7.05 Å². The predicted octanol–water partition coefficient (Wildman–Crippen LogP) is 2.68. The van der Waals surface area contributed by atoms with E-state index in [1.807, 2.05) is 20.0 Å². The zero-order valence-electron chi connectivity index (χ0n) is 12.6. The standard InChI is InChI=1S/C15H19ClN2O3/c1-9-7-10(18(2)17-9)8-12(19)11-5-6-13(20-3)15(21-4)14(11)16/h5-7,12,19H,8H2,1-4H3. The van der Waals surface area contributed by atoms with Crippen molar-refractivity contribution in [2.75, 3.05) is 14.2 Å². The molecule has 0 fully saturated rings. The molecule has 0 radical (unpaired) electrons. The van der Waals surface area contributed by atoms with Crippen molar-refractivity contribution in [1.29, 1.82) is 0 Å². The molecule has 6 heteroatoms. The summed E-state index contributed by atoms with van der Waals surface area (Å²) in [7, 11) is 4.92. The molecule has 1 heterocycles. The summed E-state index contributed by atoms with van der Waals surface area (Å²) in [5.74, 6) is 0.965. The van der Waals surface area contributed by atoms with Crippen LogP contribution in [0.25, 0.3) is 0 Å². The Morgan fingerprint density at radius 3 is 2.57 bits per heavy atom. The van der Waals surface area contributed by atoms with Crippen molar-refractivity contribution >= 4 is 11.6 Å². The highest BCUT2D eigenvalue weighted by atomic mass is 35.5. The molecule has 1 N–H and O–H groups in total. The molecule has 0 saturated carbocycles. The van der Waals surface area contributed by atoms with Crippen LogP contribution in [0, 0.1) is 6.92 Å². The minimum absolute atomic E-state index is 0.364. The molecule has 21 heavy (non-hydrogen) atoms. The molecule has 2 aromatic rings. The van der Waals surface area contributed by atoms with Crippen molar-refractivity contribution in [1.82, 2.24) is 9.78 Å². The van der Waals surface area contributed by atoms with E-state index in [4.69, 9.17) is 21.1 Å². The number of rotatable bonds is 5. The molecule has 1 aromatic heterocycles. The molecular formula is C15H19ClN2O3. The number of aliphatic hydroxyl groups is 1. The van der Waals surface area contributed by atoms with Crippen molar-refractivity contribution in [2.45, 2.75) is 19.4 Å². The van der Waals surface area contributed by atoms with E-state index in [0.717, 1.165) is 11.4 Å². The lowest BCUT2D eigenvalue weighted by atomic mass is 10.0. The number of hydrogen-bond donors (Lipinski definition) is 1. The van der Waals surface area contributed by atoms with Gasteiger partial charge in [-0.05, 0) is 19.1 Å². The van der Waals surface area contributed by atoms with Gasteiger partial charge in [0.15, 0.2) is 11.5 Å². The van der Waals surface area contributed by atoms with Crippen LogP contribution in [0.5, 0.6) is 11.5 Å². The summed E-state index contributed by atoms with van der Waals surface area (Å²) in [5.41, 5.74) is 2.46. The molecule has 0 saturated heterocycles. The van der Waals surface area contributed by atoms with Crippen LogP contribution in [0.1, 0.15) is 23.1 Å². The molecule has 0 aliphatic rings. The topological polar surface area (TPSA) is 56.5 Å². The summed E-state index contributed by atoms with van der Waals surface area (Å²) >= 11 is 6.31. The largest absolute Gasteiger partial charge is 0.493 e. The molecule has 1 aromatic carbocycles. The van der Waals surface area contributed by atoms with Gasteiger partial charge in [-0.25, -0.2) is 0 Å². The Bertz CT molecular complexity index is 640. The minimum atomic E-state index is -0.743. The smallest absolute Gasteiger partial charge is 0.179 e. The lowest BCUT2D eigenvalue weighted by Gasteiger charge is -2.16. The second-order valence-corrected chi connectivity index (χ2v) is 5.20. The first kappa shape index (κ1) is 15.7. The number of aliphatic hydroxyl groups excluding tert-OH is 1. The molecule has 114 valence electrons. The van der Waals surface area contributed by atoms with Gasteiger partial charge in [0.25, 0.3) is 0 Å². The maximum Gasteiger partial charge on any atom is 0.179 e. The third-order valence-electron chi connectivity index (χ3n) is 3.38. The predicted molar refractivity (Wildman–Crippen MR) is 81.2 cm³/mol. The Labute approximate surface area is 129 Å². The number of benzene rings is 1. The first-order chi connectivity index (χ1) is 9.97. The fraction of sp³-hybridized carbons (Fsp3) is 0.400. The Kier molecular flexibility index (Phi) is 4.75. The molecule has 0 aliphatic carbocycles. The number of halogens is 1. The van der Waals surface area contributed by atoms with Crippen LogP contribution in [0.2, 0.25) is 5.02 Å². The van der Waals surface area contributed by atoms with E-state index < -0.39 is 6.10 Å². The van der Waals surface area contributed by atoms with Gasteiger partial charge in [-0.1, -0.05) is 17.7 Å². The van der Waals surface area contributed by atoms with E-state index in [-0.39, 0.29) is 0 Å². The van der Waals surface area contributed by atoms with Gasteiger partial charge in [-0.3, -0.25) is 4.68 Å². The van der Waals surface area contributed by atoms with E-state index in [2.05, 4.69) is 5.10 Å². The van der Waals surface area contributed by atoms with Crippen molar-refractivity contribution in [3.05, 3.63) is 40.2 Å². The van der Waals surface area contributed by atoms with E-state index >= 15 is 0 Å². The average molecular weight is 311 g/mol. The van der Waals surface area contributed by atoms with Crippen molar-refractivity contribution in [3.63, 3.8) is 0 Å². The SMILES string of the molecule is COc1ccc(C(O)Cc2cc(C)nn2C)c(Cl)c1OC. The Hall–Kier alpha value is -1.72. The average Bonchev–Trinajstić information content (AvgIpc) is 2.76. The molecule has 1 unspecified atom stereocenters. The first-order valence-corrected chi connectivity index (χ1v) is 6.93. The molecule has 0 bridgehead atoms. The van der Waals surface area contributed by atoms with Crippen LogP contribution >= 0.6 is 11.6 Å². The quantitative estimate of drug-likeness (QED) is 0.922. The lowest BCUT2D eigenvalue weighted by molar-refractivity contribution is 0.175. The molecular weight excluding hydrogens is 292 g/mol. The fourth-order valence-electron chi connectivity index (χ4n) is 2.33. The summed E-state index contributed by atoms with van der Waals surface area (Å²) in [4.78, 5) is 0. The van der Waals surface area contributed by atoms with Gasteiger partial charge in [0.05, 0.1) is 31.0 Å². The number of aryl methyl sites for hydroxylation is 2. The summed E-state index contributed by atoms with van der Waals surface area (Å²) < 4.78 is 12.2. The van der Waals surface area contributed by atoms with Gasteiger partial charge in [-0.15, -0.1) is 0 Å². The number of nitrogens with zero attached hydrogens (tertiary/aromatic N) is 2. The van der Waals surface area contributed by atoms with Crippen LogP contribution in [0.4, 0.5) is 0 Å². The molecule has 1 atom stereocenters. The first-order valence-electron chi connectivity index (χ1n) is 6.55. The van der Waals surface area contributed by atoms with E-state index in [1.165, 1.54) is 7.11 Å². The van der Waals surface area contributed by atoms with Crippen LogP contribution in [0.15, 0.2) is 18.2 Å². The molecule has 5 nitrogen and oxygen atoms in total. The normalized spacial score (nSPS) is 12.3. The lowest BCUT2D eigenvalue weighted by Crippen LogP contribution is -2.07. The third-order valence-corrected chi connectivity index (χ3v) is 3.77. The number of methoxy groups -OCH3 is 2. The number of ether oxygens (including phenoxy) is 2. The molecule has 0 amide bonds. The van der Waals surface area contributed by atoms with E-state index in [0.29, 0.717) is 28.5 Å². The maximum atomic E-state index is 10.5. The maximum absolute atomic E-state index is 10.5. The second-order valence-electron chi connectivity index (χ2n) is 4.82. The van der Waals surface area contributed by atoms with Gasteiger partial charge in [0, 0.05) is 24.7 Å². The summed E-state index contributed by atoms with van der Waals surface area (Å²) in [5, 5.41) is 15.1. The molecule has 0 aliphatic heterocycles. The summed E-state index contributed by atoms with van der Waals surface area (Å²) in [6.07, 6.45) is -0.320. The zero-order valence-corrected chi connectivity index (χ0v) is 13.3. The Morgan fingerprint density at radius 1 is 1.33 bits per heavy atom. The highest BCUT2D eigenvalue weighted by Crippen LogP contribution is 2.40. The van der Waals surface area contributed by atoms with Gasteiger partial charge in [0.2, 0.25) is 0 Å². The number of aromatic nitrogens is 2. The minimum Gasteiger partial charge on any atom is -0.493 e. The van der Waals surface area contributed by atoms with Crippen LogP contribution in [-0.2, 0) is 13.5 Å². The Balaban J connectivity index is 2.31. The van der Waals surface area contributed by atoms with Crippen LogP contribution < -0.4 is 9.47 Å². The number of hydrogen-bond acceptors (Lipinski definition) is 4. The van der Waals surface area contributed by atoms with E-state index in [9.17, 15) is 5.11 Å². The highest BCUT2D eigenvalue weighted by Gasteiger charge is 2.20. The highest BCUT2D eigenvalue weighted by molar-refractivity contribution is 6.33. The second kappa shape index (κ2) is 6.37. The van der Waals surface area contributed by atoms with Crippen molar-refractivity contribution in [3.8, 4) is 11.5 Å². The van der Waals surface area contributed by atoms with Gasteiger partial charge in [0.1, 0.15) is 0 Å². The van der Waals surface area contributed by atoms with Gasteiger partial charge in [-0.2, -0.15) is 5.10 Å². The fourth-order valence-corrected chi connectivity index (χ4v) is 2.68. The van der Waals surface area contributed by atoms with Crippen LogP contribution in [0.3, 0.4) is 0 Å².